The number of Topliss-reactive ketones (excluding diaryl/α,β-unsaturated/α-hetero) is 1. The first-order valence-corrected chi connectivity index (χ1v) is 3.67. The Morgan fingerprint density at radius 1 is 1.70 bits per heavy atom. The molecule has 2 nitrogen and oxygen atoms in total. The molecule has 1 aliphatic carbocycles. The zero-order chi connectivity index (χ0) is 7.89. The maximum absolute atomic E-state index is 10.9. The molecule has 0 spiro atoms. The number of aliphatic hydroxyl groups excluding tert-OH is 1. The third-order valence-electron chi connectivity index (χ3n) is 1.64. The van der Waals surface area contributed by atoms with E-state index in [-0.39, 0.29) is 17.5 Å². The first-order chi connectivity index (χ1) is 4.55. The van der Waals surface area contributed by atoms with E-state index in [1.165, 1.54) is 0 Å². The van der Waals surface area contributed by atoms with Crippen LogP contribution in [0.3, 0.4) is 0 Å². The fourth-order valence-electron chi connectivity index (χ4n) is 0.815. The van der Waals surface area contributed by atoms with Gasteiger partial charge in [0.05, 0.1) is 0 Å². The Balaban J connectivity index is 3.11. The number of hydrogen-bond donors (Lipinski definition) is 1. The SMILES string of the molecule is C=C1C(=O)C(O)=C(Br)C1C. The normalized spacial score (nSPS) is 26.4. The van der Waals surface area contributed by atoms with Crippen LogP contribution in [0.5, 0.6) is 0 Å². The fraction of sp³-hybridized carbons (Fsp3) is 0.286. The molecule has 0 aromatic heterocycles. The van der Waals surface area contributed by atoms with Crippen molar-refractivity contribution in [2.24, 2.45) is 5.92 Å². The van der Waals surface area contributed by atoms with Crippen LogP contribution >= 0.6 is 15.9 Å². The summed E-state index contributed by atoms with van der Waals surface area (Å²) in [6, 6.07) is 0. The molecule has 1 atom stereocenters. The lowest BCUT2D eigenvalue weighted by atomic mass is 10.1. The molecule has 0 aromatic rings. The number of allylic oxidation sites excluding steroid dienone is 2. The number of rotatable bonds is 0. The predicted molar refractivity (Wildman–Crippen MR) is 41.9 cm³/mol. The molecule has 0 radical (unpaired) electrons. The van der Waals surface area contributed by atoms with E-state index in [1.54, 1.807) is 0 Å². The summed E-state index contributed by atoms with van der Waals surface area (Å²) in [7, 11) is 0. The average molecular weight is 203 g/mol. The second-order valence-corrected chi connectivity index (χ2v) is 3.13. The zero-order valence-electron chi connectivity index (χ0n) is 5.52. The van der Waals surface area contributed by atoms with Crippen LogP contribution in [-0.2, 0) is 4.79 Å². The van der Waals surface area contributed by atoms with Gasteiger partial charge >= 0.3 is 0 Å². The summed E-state index contributed by atoms with van der Waals surface area (Å²) in [6.07, 6.45) is 0. The minimum absolute atomic E-state index is 0.0625. The quantitative estimate of drug-likeness (QED) is 0.610. The van der Waals surface area contributed by atoms with Gasteiger partial charge in [0.2, 0.25) is 5.78 Å². The molecule has 0 fully saturated rings. The average Bonchev–Trinajstić information content (AvgIpc) is 2.07. The Bertz CT molecular complexity index is 240. The third-order valence-corrected chi connectivity index (χ3v) is 2.70. The van der Waals surface area contributed by atoms with Gasteiger partial charge in [-0.05, 0) is 0 Å². The molecule has 0 aliphatic heterocycles. The van der Waals surface area contributed by atoms with Crippen molar-refractivity contribution in [3.05, 3.63) is 22.4 Å². The highest BCUT2D eigenvalue weighted by molar-refractivity contribution is 9.11. The van der Waals surface area contributed by atoms with Gasteiger partial charge in [0.25, 0.3) is 0 Å². The standard InChI is InChI=1S/C7H7BrO2/c1-3-4(2)6(9)7(10)5(3)8/h3,10H,2H2,1H3. The van der Waals surface area contributed by atoms with Gasteiger partial charge in [-0.2, -0.15) is 0 Å². The molecule has 0 amide bonds. The highest BCUT2D eigenvalue weighted by atomic mass is 79.9. The van der Waals surface area contributed by atoms with E-state index < -0.39 is 0 Å². The largest absolute Gasteiger partial charge is 0.504 e. The summed E-state index contributed by atoms with van der Waals surface area (Å²) < 4.78 is 0.544. The van der Waals surface area contributed by atoms with E-state index in [2.05, 4.69) is 22.5 Å². The topological polar surface area (TPSA) is 37.3 Å². The molecule has 1 aliphatic rings. The maximum atomic E-state index is 10.9. The lowest BCUT2D eigenvalue weighted by Crippen LogP contribution is -1.99. The van der Waals surface area contributed by atoms with E-state index >= 15 is 0 Å². The van der Waals surface area contributed by atoms with Crippen molar-refractivity contribution < 1.29 is 9.90 Å². The molecule has 3 heteroatoms. The molecule has 0 aromatic carbocycles. The van der Waals surface area contributed by atoms with Crippen LogP contribution in [0, 0.1) is 5.92 Å². The van der Waals surface area contributed by atoms with E-state index in [1.807, 2.05) is 6.92 Å². The minimum atomic E-state index is -0.348. The molecule has 0 bridgehead atoms. The molecule has 1 unspecified atom stereocenters. The van der Waals surface area contributed by atoms with Gasteiger partial charge in [0, 0.05) is 16.0 Å². The number of ketones is 1. The Hall–Kier alpha value is -0.570. The van der Waals surface area contributed by atoms with Gasteiger partial charge < -0.3 is 5.11 Å². The van der Waals surface area contributed by atoms with Crippen molar-refractivity contribution in [3.63, 3.8) is 0 Å². The monoisotopic (exact) mass is 202 g/mol. The maximum Gasteiger partial charge on any atom is 0.224 e. The molecule has 1 N–H and O–H groups in total. The Kier molecular flexibility index (Phi) is 1.68. The van der Waals surface area contributed by atoms with Crippen molar-refractivity contribution in [2.75, 3.05) is 0 Å². The summed E-state index contributed by atoms with van der Waals surface area (Å²) in [4.78, 5) is 10.9. The lowest BCUT2D eigenvalue weighted by molar-refractivity contribution is -0.114. The van der Waals surface area contributed by atoms with Crippen molar-refractivity contribution in [1.29, 1.82) is 0 Å². The van der Waals surface area contributed by atoms with Gasteiger partial charge in [0.1, 0.15) is 0 Å². The Morgan fingerprint density at radius 3 is 2.30 bits per heavy atom. The number of carbonyl (C=O) groups excluding carboxylic acids is 1. The van der Waals surface area contributed by atoms with Crippen molar-refractivity contribution in [3.8, 4) is 0 Å². The van der Waals surface area contributed by atoms with Crippen LogP contribution < -0.4 is 0 Å². The highest BCUT2D eigenvalue weighted by Gasteiger charge is 2.31. The third kappa shape index (κ3) is 0.814. The second kappa shape index (κ2) is 2.23. The van der Waals surface area contributed by atoms with Gasteiger partial charge in [-0.3, -0.25) is 4.79 Å². The Morgan fingerprint density at radius 2 is 2.20 bits per heavy atom. The van der Waals surface area contributed by atoms with Gasteiger partial charge in [-0.25, -0.2) is 0 Å². The first kappa shape index (κ1) is 7.54. The van der Waals surface area contributed by atoms with Crippen LogP contribution in [0.1, 0.15) is 6.92 Å². The molecule has 1 rings (SSSR count). The zero-order valence-corrected chi connectivity index (χ0v) is 7.10. The first-order valence-electron chi connectivity index (χ1n) is 2.87. The minimum Gasteiger partial charge on any atom is -0.504 e. The summed E-state index contributed by atoms with van der Waals surface area (Å²) in [6.45, 7) is 5.35. The predicted octanol–water partition coefficient (Wildman–Crippen LogP) is 1.93. The van der Waals surface area contributed by atoms with Crippen LogP contribution in [0.2, 0.25) is 0 Å². The molecule has 10 heavy (non-hydrogen) atoms. The number of carbonyl (C=O) groups is 1. The molecule has 0 heterocycles. The van der Waals surface area contributed by atoms with Crippen LogP contribution in [0.15, 0.2) is 22.4 Å². The van der Waals surface area contributed by atoms with E-state index in [9.17, 15) is 4.79 Å². The number of hydrogen-bond acceptors (Lipinski definition) is 2. The van der Waals surface area contributed by atoms with Crippen LogP contribution in [0.4, 0.5) is 0 Å². The molecule has 0 saturated carbocycles. The van der Waals surface area contributed by atoms with Gasteiger partial charge in [-0.1, -0.05) is 29.4 Å². The van der Waals surface area contributed by atoms with Crippen molar-refractivity contribution in [1.82, 2.24) is 0 Å². The van der Waals surface area contributed by atoms with Crippen LogP contribution in [-0.4, -0.2) is 10.9 Å². The number of halogens is 1. The van der Waals surface area contributed by atoms with Crippen molar-refractivity contribution in [2.45, 2.75) is 6.92 Å². The summed E-state index contributed by atoms with van der Waals surface area (Å²) in [5.41, 5.74) is 0.448. The van der Waals surface area contributed by atoms with E-state index in [0.29, 0.717) is 10.1 Å². The Labute approximate surface area is 67.4 Å². The van der Waals surface area contributed by atoms with E-state index in [4.69, 9.17) is 5.11 Å². The fourth-order valence-corrected chi connectivity index (χ4v) is 1.27. The van der Waals surface area contributed by atoms with Crippen molar-refractivity contribution >= 4 is 21.7 Å². The van der Waals surface area contributed by atoms with Crippen LogP contribution in [0.25, 0.3) is 0 Å². The summed E-state index contributed by atoms with van der Waals surface area (Å²) >= 11 is 3.10. The lowest BCUT2D eigenvalue weighted by Gasteiger charge is -1.99. The highest BCUT2D eigenvalue weighted by Crippen LogP contribution is 2.34. The van der Waals surface area contributed by atoms with Gasteiger partial charge in [0.15, 0.2) is 5.76 Å². The molecule has 54 valence electrons. The smallest absolute Gasteiger partial charge is 0.224 e. The molecular weight excluding hydrogens is 196 g/mol. The molecule has 0 saturated heterocycles. The van der Waals surface area contributed by atoms with E-state index in [0.717, 1.165) is 0 Å². The van der Waals surface area contributed by atoms with Gasteiger partial charge in [-0.15, -0.1) is 0 Å². The summed E-state index contributed by atoms with van der Waals surface area (Å²) in [5, 5.41) is 9.03. The molecular formula is C7H7BrO2. The second-order valence-electron chi connectivity index (χ2n) is 2.27. The number of aliphatic hydroxyl groups is 1. The summed E-state index contributed by atoms with van der Waals surface area (Å²) in [5.74, 6) is -0.607.